The predicted molar refractivity (Wildman–Crippen MR) is 117 cm³/mol. The van der Waals surface area contributed by atoms with Gasteiger partial charge in [-0.2, -0.15) is 10.1 Å². The Kier molecular flexibility index (Phi) is 5.03. The number of hydrogen-bond donors (Lipinski definition) is 4. The number of carbonyl (C=O) groups is 1. The van der Waals surface area contributed by atoms with Gasteiger partial charge in [0, 0.05) is 44.4 Å². The summed E-state index contributed by atoms with van der Waals surface area (Å²) >= 11 is 1.37. The Labute approximate surface area is 177 Å². The van der Waals surface area contributed by atoms with Crippen molar-refractivity contribution in [3.63, 3.8) is 0 Å². The molecule has 10 heteroatoms. The van der Waals surface area contributed by atoms with Crippen LogP contribution in [0.2, 0.25) is 0 Å². The monoisotopic (exact) mass is 427 g/mol. The lowest BCUT2D eigenvalue weighted by atomic mass is 9.98. The second-order valence-electron chi connectivity index (χ2n) is 8.00. The Morgan fingerprint density at radius 1 is 1.27 bits per heavy atom. The molecule has 3 aromatic heterocycles. The highest BCUT2D eigenvalue weighted by Crippen LogP contribution is 2.40. The van der Waals surface area contributed by atoms with Crippen molar-refractivity contribution in [2.45, 2.75) is 31.6 Å². The zero-order chi connectivity index (χ0) is 20.7. The van der Waals surface area contributed by atoms with Gasteiger partial charge in [0.05, 0.1) is 15.1 Å². The van der Waals surface area contributed by atoms with Crippen molar-refractivity contribution in [3.05, 3.63) is 22.7 Å². The van der Waals surface area contributed by atoms with E-state index in [9.17, 15) is 9.90 Å². The summed E-state index contributed by atoms with van der Waals surface area (Å²) in [6.07, 6.45) is 4.23. The molecule has 0 unspecified atom stereocenters. The number of nitrogens with zero attached hydrogens (tertiary/aromatic N) is 4. The van der Waals surface area contributed by atoms with Crippen molar-refractivity contribution in [1.29, 1.82) is 0 Å². The largest absolute Gasteiger partial charge is 0.396 e. The third kappa shape index (κ3) is 3.72. The third-order valence-electron chi connectivity index (χ3n) is 5.83. The van der Waals surface area contributed by atoms with Crippen LogP contribution in [0.4, 0.5) is 17.6 Å². The highest BCUT2D eigenvalue weighted by Gasteiger charge is 2.26. The Bertz CT molecular complexity index is 1070. The van der Waals surface area contributed by atoms with Gasteiger partial charge in [-0.05, 0) is 37.7 Å². The lowest BCUT2D eigenvalue weighted by Crippen LogP contribution is -2.35. The summed E-state index contributed by atoms with van der Waals surface area (Å²) in [5.74, 6) is 2.81. The summed E-state index contributed by atoms with van der Waals surface area (Å²) in [5.41, 5.74) is 1.89. The molecule has 1 aliphatic carbocycles. The average Bonchev–Trinajstić information content (AvgIpc) is 3.36. The Balaban J connectivity index is 1.50. The number of aromatic amines is 1. The molecule has 30 heavy (non-hydrogen) atoms. The van der Waals surface area contributed by atoms with Crippen LogP contribution in [0.15, 0.2) is 12.1 Å². The number of carbonyl (C=O) groups excluding carboxylic acids is 1. The van der Waals surface area contributed by atoms with E-state index in [2.05, 4.69) is 25.7 Å². The highest BCUT2D eigenvalue weighted by molar-refractivity contribution is 7.21. The maximum atomic E-state index is 12.2. The van der Waals surface area contributed by atoms with Crippen LogP contribution in [-0.2, 0) is 0 Å². The van der Waals surface area contributed by atoms with Gasteiger partial charge in [0.15, 0.2) is 11.6 Å². The Hall–Kier alpha value is -2.72. The predicted octanol–water partition coefficient (Wildman–Crippen LogP) is 2.60. The van der Waals surface area contributed by atoms with E-state index >= 15 is 0 Å². The van der Waals surface area contributed by atoms with Crippen molar-refractivity contribution < 1.29 is 9.90 Å². The quantitative estimate of drug-likeness (QED) is 0.477. The molecule has 1 amide bonds. The summed E-state index contributed by atoms with van der Waals surface area (Å²) in [4.78, 5) is 24.5. The first kappa shape index (κ1) is 19.3. The molecule has 0 atom stereocenters. The zero-order valence-corrected chi connectivity index (χ0v) is 17.6. The first-order valence-electron chi connectivity index (χ1n) is 10.4. The molecular formula is C20H25N7O2S. The number of amides is 1. The normalized spacial score (nSPS) is 17.5. The molecule has 4 N–H and O–H groups in total. The van der Waals surface area contributed by atoms with Crippen LogP contribution in [0.1, 0.15) is 47.0 Å². The molecule has 1 aliphatic heterocycles. The van der Waals surface area contributed by atoms with Crippen LogP contribution in [0.3, 0.4) is 0 Å². The van der Waals surface area contributed by atoms with Gasteiger partial charge in [-0.3, -0.25) is 9.89 Å². The van der Waals surface area contributed by atoms with Crippen molar-refractivity contribution >= 4 is 45.0 Å². The van der Waals surface area contributed by atoms with Crippen LogP contribution in [0.5, 0.6) is 0 Å². The first-order valence-corrected chi connectivity index (χ1v) is 11.2. The zero-order valence-electron chi connectivity index (χ0n) is 16.8. The standard InChI is InChI=1S/C20H25N7O2S/c1-21-19(29)15-8-14-17(30-15)18(23-16-9-13(25-26-16)12-2-3-12)24-20(22-14)27-6-4-11(10-28)5-7-27/h8-9,11-12,28H,2-7,10H2,1H3,(H,21,29)(H2,22,23,24,25,26). The SMILES string of the molecule is CNC(=O)c1cc2nc(N3CCC(CO)CC3)nc(Nc3cc(C4CC4)[nH]n3)c2s1. The van der Waals surface area contributed by atoms with E-state index in [-0.39, 0.29) is 12.5 Å². The molecule has 4 heterocycles. The maximum absolute atomic E-state index is 12.2. The minimum Gasteiger partial charge on any atom is -0.396 e. The fourth-order valence-corrected chi connectivity index (χ4v) is 4.81. The van der Waals surface area contributed by atoms with Crippen molar-refractivity contribution in [3.8, 4) is 0 Å². The molecule has 1 saturated carbocycles. The molecule has 9 nitrogen and oxygen atoms in total. The Morgan fingerprint density at radius 3 is 2.77 bits per heavy atom. The smallest absolute Gasteiger partial charge is 0.261 e. The molecule has 0 aromatic carbocycles. The first-order chi connectivity index (χ1) is 14.6. The summed E-state index contributed by atoms with van der Waals surface area (Å²) in [6, 6.07) is 3.85. The van der Waals surface area contributed by atoms with Gasteiger partial charge in [-0.1, -0.05) is 0 Å². The van der Waals surface area contributed by atoms with E-state index in [1.54, 1.807) is 7.05 Å². The van der Waals surface area contributed by atoms with E-state index in [1.165, 1.54) is 24.2 Å². The van der Waals surface area contributed by atoms with Crippen LogP contribution in [0, 0.1) is 5.92 Å². The number of rotatable bonds is 6. The summed E-state index contributed by atoms with van der Waals surface area (Å²) < 4.78 is 0.832. The van der Waals surface area contributed by atoms with Crippen LogP contribution in [0.25, 0.3) is 10.2 Å². The molecule has 1 saturated heterocycles. The van der Waals surface area contributed by atoms with Gasteiger partial charge in [0.2, 0.25) is 5.95 Å². The van der Waals surface area contributed by atoms with E-state index in [1.807, 2.05) is 12.1 Å². The van der Waals surface area contributed by atoms with Gasteiger partial charge in [0.25, 0.3) is 5.91 Å². The number of H-pyrrole nitrogens is 1. The number of nitrogens with one attached hydrogen (secondary N) is 3. The van der Waals surface area contributed by atoms with Gasteiger partial charge in [-0.15, -0.1) is 11.3 Å². The third-order valence-corrected chi connectivity index (χ3v) is 6.96. The van der Waals surface area contributed by atoms with Crippen molar-refractivity contribution in [2.75, 3.05) is 37.0 Å². The van der Waals surface area contributed by atoms with E-state index in [4.69, 9.17) is 9.97 Å². The summed E-state index contributed by atoms with van der Waals surface area (Å²) in [5, 5.41) is 22.9. The van der Waals surface area contributed by atoms with Gasteiger partial charge >= 0.3 is 0 Å². The number of anilines is 3. The summed E-state index contributed by atoms with van der Waals surface area (Å²) in [7, 11) is 1.62. The molecule has 2 aliphatic rings. The number of aliphatic hydroxyl groups excluding tert-OH is 1. The van der Waals surface area contributed by atoms with Gasteiger partial charge in [-0.25, -0.2) is 4.98 Å². The molecular weight excluding hydrogens is 402 g/mol. The second kappa shape index (κ2) is 7.84. The number of fused-ring (bicyclic) bond motifs is 1. The molecule has 0 bridgehead atoms. The van der Waals surface area contributed by atoms with Crippen LogP contribution in [-0.4, -0.2) is 57.9 Å². The van der Waals surface area contributed by atoms with E-state index in [0.29, 0.717) is 28.5 Å². The van der Waals surface area contributed by atoms with Gasteiger partial charge < -0.3 is 20.6 Å². The maximum Gasteiger partial charge on any atom is 0.261 e. The lowest BCUT2D eigenvalue weighted by Gasteiger charge is -2.31. The molecule has 0 radical (unpaired) electrons. The number of piperidine rings is 1. The van der Waals surface area contributed by atoms with E-state index in [0.717, 1.165) is 47.7 Å². The molecule has 158 valence electrons. The number of aliphatic hydroxyl groups is 1. The van der Waals surface area contributed by atoms with Crippen LogP contribution >= 0.6 is 11.3 Å². The molecule has 0 spiro atoms. The average molecular weight is 428 g/mol. The van der Waals surface area contributed by atoms with Crippen molar-refractivity contribution in [2.24, 2.45) is 5.92 Å². The fraction of sp³-hybridized carbons (Fsp3) is 0.500. The number of aromatic nitrogens is 4. The Morgan fingerprint density at radius 2 is 2.07 bits per heavy atom. The molecule has 5 rings (SSSR count). The number of thiophene rings is 1. The molecule has 3 aromatic rings. The van der Waals surface area contributed by atoms with Gasteiger partial charge in [0.1, 0.15) is 0 Å². The second-order valence-corrected chi connectivity index (χ2v) is 9.05. The lowest BCUT2D eigenvalue weighted by molar-refractivity contribution is 0.0967. The van der Waals surface area contributed by atoms with Crippen LogP contribution < -0.4 is 15.5 Å². The number of hydrogen-bond acceptors (Lipinski definition) is 8. The topological polar surface area (TPSA) is 119 Å². The minimum absolute atomic E-state index is 0.134. The fourth-order valence-electron chi connectivity index (χ4n) is 3.82. The van der Waals surface area contributed by atoms with E-state index < -0.39 is 0 Å². The summed E-state index contributed by atoms with van der Waals surface area (Å²) in [6.45, 7) is 1.83. The molecule has 2 fully saturated rings. The highest BCUT2D eigenvalue weighted by atomic mass is 32.1. The van der Waals surface area contributed by atoms with Crippen molar-refractivity contribution in [1.82, 2.24) is 25.5 Å². The minimum atomic E-state index is -0.134.